The molecule has 16 rings (SSSR count). The van der Waals surface area contributed by atoms with Gasteiger partial charge in [-0.1, -0.05) is 182 Å². The van der Waals surface area contributed by atoms with Gasteiger partial charge in [-0.25, -0.2) is 4.85 Å². The number of nitriles is 2. The molecule has 0 unspecified atom stereocenters. The Kier molecular flexibility index (Phi) is 12.4. The Bertz CT molecular complexity index is 4920. The third kappa shape index (κ3) is 8.64. The molecule has 88 heavy (non-hydrogen) atoms. The molecule has 406 valence electrons. The number of hydrogen-bond donors (Lipinski definition) is 0. The number of nitrogens with zero attached hydrogens (tertiary/aromatic N) is 6. The molecule has 0 bridgehead atoms. The van der Waals surface area contributed by atoms with Crippen molar-refractivity contribution >= 4 is 84.7 Å². The van der Waals surface area contributed by atoms with Crippen molar-refractivity contribution in [1.29, 1.82) is 10.5 Å². The summed E-state index contributed by atoms with van der Waals surface area (Å²) in [5, 5.41) is 22.5. The van der Waals surface area contributed by atoms with E-state index in [1.807, 2.05) is 18.2 Å². The van der Waals surface area contributed by atoms with E-state index in [0.29, 0.717) is 22.4 Å². The van der Waals surface area contributed by atoms with Gasteiger partial charge in [0.05, 0.1) is 41.0 Å². The summed E-state index contributed by atoms with van der Waals surface area (Å²) in [5.74, 6) is 0. The fourth-order valence-corrected chi connectivity index (χ4v) is 13.6. The molecule has 0 radical (unpaired) electrons. The summed E-state index contributed by atoms with van der Waals surface area (Å²) in [6.07, 6.45) is 0. The van der Waals surface area contributed by atoms with Gasteiger partial charge in [-0.05, 0) is 193 Å². The molecule has 14 aromatic rings. The lowest BCUT2D eigenvalue weighted by molar-refractivity contribution is 1.18. The quantitative estimate of drug-likeness (QED) is 0.107. The van der Waals surface area contributed by atoms with Crippen molar-refractivity contribution in [3.63, 3.8) is 0 Å². The molecule has 7 heteroatoms. The van der Waals surface area contributed by atoms with Gasteiger partial charge in [-0.3, -0.25) is 0 Å². The molecular weight excluding hydrogens is 1070 g/mol. The van der Waals surface area contributed by atoms with Crippen LogP contribution in [0, 0.1) is 29.2 Å². The molecule has 0 fully saturated rings. The highest BCUT2D eigenvalue weighted by atomic mass is 15.2. The molecule has 0 N–H and O–H groups in total. The predicted molar refractivity (Wildman–Crippen MR) is 363 cm³/mol. The highest BCUT2D eigenvalue weighted by Crippen LogP contribution is 2.49. The van der Waals surface area contributed by atoms with Crippen molar-refractivity contribution in [2.45, 2.75) is 0 Å². The van der Waals surface area contributed by atoms with Crippen molar-refractivity contribution in [3.05, 3.63) is 320 Å². The number of anilines is 6. The minimum atomic E-state index is -0.113. The summed E-state index contributed by atoms with van der Waals surface area (Å²) in [7, 11) is 0. The van der Waals surface area contributed by atoms with Gasteiger partial charge in [-0.15, -0.1) is 0 Å². The first-order chi connectivity index (χ1) is 43.5. The van der Waals surface area contributed by atoms with E-state index >= 15 is 0 Å². The summed E-state index contributed by atoms with van der Waals surface area (Å²) in [4.78, 5) is 8.78. The van der Waals surface area contributed by atoms with Crippen LogP contribution in [0.2, 0.25) is 0 Å². The van der Waals surface area contributed by atoms with E-state index in [1.54, 1.807) is 18.2 Å². The normalized spacial score (nSPS) is 12.0. The molecule has 0 spiro atoms. The minimum Gasteiger partial charge on any atom is -0.311 e. The summed E-state index contributed by atoms with van der Waals surface area (Å²) in [6.45, 7) is 7.82. The van der Waals surface area contributed by atoms with Crippen molar-refractivity contribution in [1.82, 2.24) is 4.57 Å². The standard InChI is InChI=1S/C81H49BN6/c1-85-66-39-54(52-84)38-65(43-66)70-40-53(51-83)34-36-75(70)88-74-31-17-14-28-69(74)71-48-59(35-37-76(71)88)64-49-79-81-80(50-64)87(68-46-62(57-24-10-4-11-25-57)42-63(47-68)58-26-12-5-13-27-58)78-33-19-16-30-73(78)82(81)72-29-15-18-32-77(72)86(79)67-44-60(55-20-6-2-7-21-55)41-61(45-67)56-22-8-3-9-23-56/h2-50H. The van der Waals surface area contributed by atoms with E-state index in [9.17, 15) is 10.5 Å². The summed E-state index contributed by atoms with van der Waals surface area (Å²) in [5.41, 5.74) is 26.7. The molecule has 13 aromatic carbocycles. The molecule has 2 aliphatic heterocycles. The number of para-hydroxylation sites is 3. The van der Waals surface area contributed by atoms with E-state index in [1.165, 1.54) is 16.4 Å². The third-order valence-electron chi connectivity index (χ3n) is 17.5. The first-order valence-corrected chi connectivity index (χ1v) is 29.5. The zero-order valence-electron chi connectivity index (χ0n) is 47.6. The molecule has 2 aliphatic rings. The molecule has 0 amide bonds. The summed E-state index contributed by atoms with van der Waals surface area (Å²) in [6, 6.07) is 111. The van der Waals surface area contributed by atoms with Gasteiger partial charge >= 0.3 is 0 Å². The van der Waals surface area contributed by atoms with Crippen molar-refractivity contribution < 1.29 is 0 Å². The van der Waals surface area contributed by atoms with Crippen molar-refractivity contribution in [2.24, 2.45) is 0 Å². The molecule has 0 saturated carbocycles. The zero-order chi connectivity index (χ0) is 58.8. The van der Waals surface area contributed by atoms with Crippen LogP contribution in [-0.4, -0.2) is 11.3 Å². The van der Waals surface area contributed by atoms with Crippen LogP contribution in [-0.2, 0) is 0 Å². The Balaban J connectivity index is 0.986. The molecule has 0 aliphatic carbocycles. The summed E-state index contributed by atoms with van der Waals surface area (Å²) < 4.78 is 2.26. The van der Waals surface area contributed by atoms with Crippen LogP contribution in [0.3, 0.4) is 0 Å². The topological polar surface area (TPSA) is 63.4 Å². The van der Waals surface area contributed by atoms with Crippen molar-refractivity contribution in [3.8, 4) is 84.6 Å². The second-order valence-electron chi connectivity index (χ2n) is 22.6. The van der Waals surface area contributed by atoms with Crippen LogP contribution in [0.15, 0.2) is 297 Å². The molecule has 0 atom stereocenters. The molecular formula is C81H49BN6. The van der Waals surface area contributed by atoms with Gasteiger partial charge in [0.2, 0.25) is 0 Å². The maximum atomic E-state index is 10.3. The average Bonchev–Trinajstić information content (AvgIpc) is 0.790. The largest absolute Gasteiger partial charge is 0.311 e. The fraction of sp³-hybridized carbons (Fsp3) is 0. The molecule has 0 saturated heterocycles. The number of benzene rings is 13. The number of fused-ring (bicyclic) bond motifs is 7. The van der Waals surface area contributed by atoms with Gasteiger partial charge in [0.1, 0.15) is 0 Å². The van der Waals surface area contributed by atoms with E-state index in [4.69, 9.17) is 6.57 Å². The second kappa shape index (κ2) is 21.1. The Hall–Kier alpha value is -12.2. The number of aromatic nitrogens is 1. The SMILES string of the molecule is [C-]#[N+]c1cc(C#N)cc(-c2cc(C#N)ccc2-n2c3ccccc3c3cc(-c4cc5c6c(c4)N(c4cc(-c7ccccc7)cc(-c7ccccc7)c4)c4ccccc4B6c4ccccc4N5c4cc(-c5ccccc5)cc(-c5ccccc5)c4)ccc32)c1. The lowest BCUT2D eigenvalue weighted by Crippen LogP contribution is -2.61. The van der Waals surface area contributed by atoms with Gasteiger partial charge in [0, 0.05) is 56.0 Å². The molecule has 1 aromatic heterocycles. The maximum Gasteiger partial charge on any atom is 0.252 e. The van der Waals surface area contributed by atoms with Gasteiger partial charge in [0.25, 0.3) is 6.71 Å². The Morgan fingerprint density at radius 2 is 0.784 bits per heavy atom. The minimum absolute atomic E-state index is 0.113. The van der Waals surface area contributed by atoms with E-state index in [0.717, 1.165) is 123 Å². The van der Waals surface area contributed by atoms with Crippen LogP contribution in [0.4, 0.5) is 39.8 Å². The average molecular weight is 1120 g/mol. The van der Waals surface area contributed by atoms with Crippen LogP contribution in [0.5, 0.6) is 0 Å². The zero-order valence-corrected chi connectivity index (χ0v) is 47.6. The Labute approximate surface area is 511 Å². The van der Waals surface area contributed by atoms with Crippen LogP contribution >= 0.6 is 0 Å². The smallest absolute Gasteiger partial charge is 0.252 e. The first-order valence-electron chi connectivity index (χ1n) is 29.5. The van der Waals surface area contributed by atoms with Crippen LogP contribution in [0.25, 0.3) is 99.1 Å². The van der Waals surface area contributed by atoms with E-state index < -0.39 is 0 Å². The molecule has 3 heterocycles. The second-order valence-corrected chi connectivity index (χ2v) is 22.6. The highest BCUT2D eigenvalue weighted by molar-refractivity contribution is 7.00. The monoisotopic (exact) mass is 1120 g/mol. The lowest BCUT2D eigenvalue weighted by atomic mass is 9.33. The maximum absolute atomic E-state index is 10.3. The lowest BCUT2D eigenvalue weighted by Gasteiger charge is -2.44. The highest BCUT2D eigenvalue weighted by Gasteiger charge is 2.44. The van der Waals surface area contributed by atoms with Gasteiger partial charge in [-0.2, -0.15) is 10.5 Å². The van der Waals surface area contributed by atoms with Crippen molar-refractivity contribution in [2.75, 3.05) is 9.80 Å². The fourth-order valence-electron chi connectivity index (χ4n) is 13.6. The first kappa shape index (κ1) is 51.4. The van der Waals surface area contributed by atoms with Crippen LogP contribution in [0.1, 0.15) is 11.1 Å². The molecule has 6 nitrogen and oxygen atoms in total. The predicted octanol–water partition coefficient (Wildman–Crippen LogP) is 19.2. The summed E-state index contributed by atoms with van der Waals surface area (Å²) >= 11 is 0. The Morgan fingerprint density at radius 3 is 1.30 bits per heavy atom. The number of rotatable bonds is 9. The van der Waals surface area contributed by atoms with Gasteiger partial charge in [0.15, 0.2) is 5.69 Å². The third-order valence-corrected chi connectivity index (χ3v) is 17.5. The van der Waals surface area contributed by atoms with Gasteiger partial charge < -0.3 is 14.4 Å². The number of hydrogen-bond acceptors (Lipinski definition) is 4. The van der Waals surface area contributed by atoms with Crippen LogP contribution < -0.4 is 26.2 Å². The van der Waals surface area contributed by atoms with E-state index in [2.05, 4.69) is 292 Å². The van der Waals surface area contributed by atoms with E-state index in [-0.39, 0.29) is 6.71 Å². The Morgan fingerprint density at radius 1 is 0.318 bits per heavy atom.